The van der Waals surface area contributed by atoms with Gasteiger partial charge in [0.05, 0.1) is 7.11 Å². The monoisotopic (exact) mass is 264 g/mol. The molecule has 0 spiro atoms. The lowest BCUT2D eigenvalue weighted by atomic mass is 10.2. The van der Waals surface area contributed by atoms with Crippen molar-refractivity contribution in [3.63, 3.8) is 0 Å². The van der Waals surface area contributed by atoms with E-state index in [4.69, 9.17) is 9.47 Å². The quantitative estimate of drug-likeness (QED) is 0.901. The Morgan fingerprint density at radius 1 is 1.42 bits per heavy atom. The number of rotatable bonds is 3. The van der Waals surface area contributed by atoms with Crippen LogP contribution in [0, 0.1) is 0 Å². The summed E-state index contributed by atoms with van der Waals surface area (Å²) in [4.78, 5) is 13.6. The second-order valence-corrected chi connectivity index (χ2v) is 4.70. The summed E-state index contributed by atoms with van der Waals surface area (Å²) >= 11 is 0. The largest absolute Gasteiger partial charge is 0.497 e. The highest BCUT2D eigenvalue weighted by molar-refractivity contribution is 5.67. The predicted molar refractivity (Wildman–Crippen MR) is 72.2 cm³/mol. The molecule has 1 unspecified atom stereocenters. The zero-order valence-corrected chi connectivity index (χ0v) is 11.4. The van der Waals surface area contributed by atoms with Crippen molar-refractivity contribution in [2.24, 2.45) is 0 Å². The molecule has 0 aliphatic carbocycles. The molecule has 104 valence electrons. The average Bonchev–Trinajstić information content (AvgIpc) is 2.45. The van der Waals surface area contributed by atoms with Crippen LogP contribution >= 0.6 is 0 Å². The number of nitrogens with zero attached hydrogens (tertiary/aromatic N) is 1. The number of methoxy groups -OCH3 is 1. The molecule has 1 N–H and O–H groups in total. The van der Waals surface area contributed by atoms with Gasteiger partial charge in [-0.1, -0.05) is 12.1 Å². The first-order valence-corrected chi connectivity index (χ1v) is 6.47. The van der Waals surface area contributed by atoms with Gasteiger partial charge in [-0.15, -0.1) is 0 Å². The van der Waals surface area contributed by atoms with Crippen LogP contribution in [0.15, 0.2) is 24.3 Å². The molecule has 5 nitrogen and oxygen atoms in total. The van der Waals surface area contributed by atoms with Crippen molar-refractivity contribution in [2.45, 2.75) is 19.6 Å². The smallest absolute Gasteiger partial charge is 0.410 e. The number of benzene rings is 1. The lowest BCUT2D eigenvalue weighted by Crippen LogP contribution is -2.51. The SMILES string of the molecule is COc1ccc(COC(=O)N2CCNC(C)C2)cc1. The maximum absolute atomic E-state index is 11.9. The third-order valence-electron chi connectivity index (χ3n) is 3.15. The van der Waals surface area contributed by atoms with Crippen LogP contribution in [0.4, 0.5) is 4.79 Å². The number of hydrogen-bond donors (Lipinski definition) is 1. The first-order valence-electron chi connectivity index (χ1n) is 6.47. The number of ether oxygens (including phenoxy) is 2. The van der Waals surface area contributed by atoms with E-state index in [-0.39, 0.29) is 6.09 Å². The first-order chi connectivity index (χ1) is 9.19. The summed E-state index contributed by atoms with van der Waals surface area (Å²) in [7, 11) is 1.63. The lowest BCUT2D eigenvalue weighted by Gasteiger charge is -2.31. The van der Waals surface area contributed by atoms with Gasteiger partial charge in [0.15, 0.2) is 0 Å². The number of hydrogen-bond acceptors (Lipinski definition) is 4. The normalized spacial score (nSPS) is 19.1. The van der Waals surface area contributed by atoms with Crippen molar-refractivity contribution in [2.75, 3.05) is 26.7 Å². The predicted octanol–water partition coefficient (Wildman–Crippen LogP) is 1.63. The van der Waals surface area contributed by atoms with Gasteiger partial charge < -0.3 is 19.7 Å². The van der Waals surface area contributed by atoms with Crippen LogP contribution in [0.3, 0.4) is 0 Å². The van der Waals surface area contributed by atoms with E-state index >= 15 is 0 Å². The molecule has 1 aliphatic heterocycles. The third kappa shape index (κ3) is 3.86. The molecular weight excluding hydrogens is 244 g/mol. The highest BCUT2D eigenvalue weighted by Crippen LogP contribution is 2.12. The zero-order valence-electron chi connectivity index (χ0n) is 11.4. The minimum atomic E-state index is -0.246. The molecular formula is C14H20N2O3. The van der Waals surface area contributed by atoms with E-state index < -0.39 is 0 Å². The Labute approximate surface area is 113 Å². The van der Waals surface area contributed by atoms with E-state index in [0.717, 1.165) is 17.9 Å². The number of amides is 1. The number of piperazine rings is 1. The number of carbonyl (C=O) groups excluding carboxylic acids is 1. The van der Waals surface area contributed by atoms with Crippen molar-refractivity contribution in [3.05, 3.63) is 29.8 Å². The summed E-state index contributed by atoms with van der Waals surface area (Å²) in [5.74, 6) is 0.797. The van der Waals surface area contributed by atoms with E-state index in [1.165, 1.54) is 0 Å². The van der Waals surface area contributed by atoms with E-state index in [2.05, 4.69) is 12.2 Å². The van der Waals surface area contributed by atoms with Crippen LogP contribution < -0.4 is 10.1 Å². The summed E-state index contributed by atoms with van der Waals surface area (Å²) in [5.41, 5.74) is 0.956. The first kappa shape index (κ1) is 13.7. The van der Waals surface area contributed by atoms with Crippen LogP contribution in [0.25, 0.3) is 0 Å². The van der Waals surface area contributed by atoms with Gasteiger partial charge in [0.25, 0.3) is 0 Å². The summed E-state index contributed by atoms with van der Waals surface area (Å²) in [6.45, 7) is 4.57. The molecule has 1 heterocycles. The molecule has 1 aliphatic rings. The van der Waals surface area contributed by atoms with E-state index in [1.54, 1.807) is 12.0 Å². The third-order valence-corrected chi connectivity index (χ3v) is 3.15. The highest BCUT2D eigenvalue weighted by Gasteiger charge is 2.21. The van der Waals surface area contributed by atoms with E-state index in [0.29, 0.717) is 25.7 Å². The van der Waals surface area contributed by atoms with Gasteiger partial charge in [0, 0.05) is 25.7 Å². The van der Waals surface area contributed by atoms with Crippen LogP contribution in [0.5, 0.6) is 5.75 Å². The average molecular weight is 264 g/mol. The molecule has 2 rings (SSSR count). The molecule has 1 amide bonds. The van der Waals surface area contributed by atoms with Gasteiger partial charge in [-0.3, -0.25) is 0 Å². The molecule has 1 fully saturated rings. The Bertz CT molecular complexity index is 419. The van der Waals surface area contributed by atoms with Crippen molar-refractivity contribution in [3.8, 4) is 5.75 Å². The summed E-state index contributed by atoms with van der Waals surface area (Å²) < 4.78 is 10.4. The van der Waals surface area contributed by atoms with Crippen LogP contribution in [0.1, 0.15) is 12.5 Å². The fourth-order valence-electron chi connectivity index (χ4n) is 2.06. The second-order valence-electron chi connectivity index (χ2n) is 4.70. The topological polar surface area (TPSA) is 50.8 Å². The highest BCUT2D eigenvalue weighted by atomic mass is 16.6. The van der Waals surface area contributed by atoms with Crippen LogP contribution in [-0.2, 0) is 11.3 Å². The summed E-state index contributed by atoms with van der Waals surface area (Å²) in [5, 5.41) is 3.29. The Morgan fingerprint density at radius 2 is 2.16 bits per heavy atom. The van der Waals surface area contributed by atoms with Crippen LogP contribution in [0.2, 0.25) is 0 Å². The molecule has 1 aromatic carbocycles. The maximum atomic E-state index is 11.9. The van der Waals surface area contributed by atoms with Crippen molar-refractivity contribution >= 4 is 6.09 Å². The number of nitrogens with one attached hydrogen (secondary N) is 1. The molecule has 1 atom stereocenters. The Kier molecular flexibility index (Phi) is 4.63. The van der Waals surface area contributed by atoms with Crippen molar-refractivity contribution in [1.29, 1.82) is 0 Å². The summed E-state index contributed by atoms with van der Waals surface area (Å²) in [6.07, 6.45) is -0.246. The Balaban J connectivity index is 1.82. The van der Waals surface area contributed by atoms with Gasteiger partial charge in [0.2, 0.25) is 0 Å². The molecule has 1 saturated heterocycles. The van der Waals surface area contributed by atoms with Crippen molar-refractivity contribution in [1.82, 2.24) is 10.2 Å². The van der Waals surface area contributed by atoms with Gasteiger partial charge >= 0.3 is 6.09 Å². The molecule has 1 aromatic rings. The second kappa shape index (κ2) is 6.43. The lowest BCUT2D eigenvalue weighted by molar-refractivity contribution is 0.0862. The van der Waals surface area contributed by atoms with Gasteiger partial charge in [-0.25, -0.2) is 4.79 Å². The molecule has 0 radical (unpaired) electrons. The van der Waals surface area contributed by atoms with Gasteiger partial charge in [-0.05, 0) is 24.6 Å². The van der Waals surface area contributed by atoms with Gasteiger partial charge in [-0.2, -0.15) is 0 Å². The molecule has 0 aromatic heterocycles. The maximum Gasteiger partial charge on any atom is 0.410 e. The molecule has 0 saturated carbocycles. The molecule has 19 heavy (non-hydrogen) atoms. The summed E-state index contributed by atoms with van der Waals surface area (Å²) in [6, 6.07) is 7.83. The molecule has 5 heteroatoms. The fourth-order valence-corrected chi connectivity index (χ4v) is 2.06. The van der Waals surface area contributed by atoms with Crippen LogP contribution in [-0.4, -0.2) is 43.8 Å². The molecule has 0 bridgehead atoms. The minimum absolute atomic E-state index is 0.246. The van der Waals surface area contributed by atoms with E-state index in [1.807, 2.05) is 24.3 Å². The minimum Gasteiger partial charge on any atom is -0.497 e. The number of carbonyl (C=O) groups is 1. The van der Waals surface area contributed by atoms with Crippen molar-refractivity contribution < 1.29 is 14.3 Å². The fraction of sp³-hybridized carbons (Fsp3) is 0.500. The zero-order chi connectivity index (χ0) is 13.7. The van der Waals surface area contributed by atoms with E-state index in [9.17, 15) is 4.79 Å². The standard InChI is InChI=1S/C14H20N2O3/c1-11-9-16(8-7-15-11)14(17)19-10-12-3-5-13(18-2)6-4-12/h3-6,11,15H,7-10H2,1-2H3. The van der Waals surface area contributed by atoms with Gasteiger partial charge in [0.1, 0.15) is 12.4 Å². The Hall–Kier alpha value is -1.75. The Morgan fingerprint density at radius 3 is 2.79 bits per heavy atom.